The van der Waals surface area contributed by atoms with Crippen LogP contribution in [0.4, 0.5) is 5.69 Å². The standard InChI is InChI=1S/C22H29N3O/c1-18(21-10-8-20(9-11-21)12-13-23-19(2)26)24-14-16-25(17-15-24)22-6-4-3-5-7-22/h3-11,18H,12-17H2,1-2H3,(H,23,26). The number of benzene rings is 2. The largest absolute Gasteiger partial charge is 0.369 e. The fourth-order valence-electron chi connectivity index (χ4n) is 3.56. The molecule has 2 aromatic rings. The fourth-order valence-corrected chi connectivity index (χ4v) is 3.56. The highest BCUT2D eigenvalue weighted by Gasteiger charge is 2.22. The minimum atomic E-state index is 0.0323. The van der Waals surface area contributed by atoms with Crippen LogP contribution in [0.3, 0.4) is 0 Å². The molecule has 0 aromatic heterocycles. The predicted octanol–water partition coefficient (Wildman–Crippen LogP) is 3.25. The highest BCUT2D eigenvalue weighted by Crippen LogP contribution is 2.24. The van der Waals surface area contributed by atoms with Gasteiger partial charge >= 0.3 is 0 Å². The van der Waals surface area contributed by atoms with Crippen LogP contribution in [0.2, 0.25) is 0 Å². The second kappa shape index (κ2) is 8.86. The molecule has 1 fully saturated rings. The van der Waals surface area contributed by atoms with Crippen molar-refractivity contribution < 1.29 is 4.79 Å². The van der Waals surface area contributed by atoms with Gasteiger partial charge in [0.2, 0.25) is 5.91 Å². The van der Waals surface area contributed by atoms with E-state index in [1.165, 1.54) is 16.8 Å². The second-order valence-corrected chi connectivity index (χ2v) is 7.01. The zero-order valence-electron chi connectivity index (χ0n) is 15.8. The molecule has 1 heterocycles. The topological polar surface area (TPSA) is 35.6 Å². The summed E-state index contributed by atoms with van der Waals surface area (Å²) in [5.74, 6) is 0.0323. The molecule has 4 heteroatoms. The van der Waals surface area contributed by atoms with Crippen molar-refractivity contribution in [2.75, 3.05) is 37.6 Å². The van der Waals surface area contributed by atoms with E-state index in [0.717, 1.165) is 32.6 Å². The van der Waals surface area contributed by atoms with Gasteiger partial charge in [-0.15, -0.1) is 0 Å². The molecule has 1 aliphatic rings. The molecule has 1 aliphatic heterocycles. The molecule has 0 radical (unpaired) electrons. The van der Waals surface area contributed by atoms with E-state index in [1.54, 1.807) is 6.92 Å². The molecule has 0 aliphatic carbocycles. The smallest absolute Gasteiger partial charge is 0.216 e. The molecule has 4 nitrogen and oxygen atoms in total. The fraction of sp³-hybridized carbons (Fsp3) is 0.409. The number of piperazine rings is 1. The lowest BCUT2D eigenvalue weighted by Crippen LogP contribution is -2.47. The van der Waals surface area contributed by atoms with Crippen molar-refractivity contribution in [1.82, 2.24) is 10.2 Å². The van der Waals surface area contributed by atoms with E-state index in [2.05, 4.69) is 76.6 Å². The Balaban J connectivity index is 1.51. The van der Waals surface area contributed by atoms with Gasteiger partial charge in [-0.05, 0) is 36.6 Å². The second-order valence-electron chi connectivity index (χ2n) is 7.01. The summed E-state index contributed by atoms with van der Waals surface area (Å²) in [6, 6.07) is 19.9. The molecule has 0 bridgehead atoms. The molecule has 0 spiro atoms. The number of carbonyl (C=O) groups is 1. The number of nitrogens with one attached hydrogen (secondary N) is 1. The Bertz CT molecular complexity index is 691. The molecule has 0 saturated carbocycles. The Kier molecular flexibility index (Phi) is 6.29. The van der Waals surface area contributed by atoms with Crippen molar-refractivity contribution in [1.29, 1.82) is 0 Å². The van der Waals surface area contributed by atoms with Crippen LogP contribution < -0.4 is 10.2 Å². The SMILES string of the molecule is CC(=O)NCCc1ccc(C(C)N2CCN(c3ccccc3)CC2)cc1. The molecule has 26 heavy (non-hydrogen) atoms. The summed E-state index contributed by atoms with van der Waals surface area (Å²) >= 11 is 0. The van der Waals surface area contributed by atoms with Crippen LogP contribution in [0.1, 0.15) is 31.0 Å². The first-order valence-electron chi connectivity index (χ1n) is 9.51. The number of hydrogen-bond donors (Lipinski definition) is 1. The van der Waals surface area contributed by atoms with E-state index in [4.69, 9.17) is 0 Å². The van der Waals surface area contributed by atoms with Gasteiger partial charge in [0.15, 0.2) is 0 Å². The van der Waals surface area contributed by atoms with E-state index in [1.807, 2.05) is 0 Å². The van der Waals surface area contributed by atoms with Crippen LogP contribution in [-0.2, 0) is 11.2 Å². The van der Waals surface area contributed by atoms with Crippen molar-refractivity contribution in [3.63, 3.8) is 0 Å². The van der Waals surface area contributed by atoms with Crippen LogP contribution >= 0.6 is 0 Å². The number of carbonyl (C=O) groups excluding carboxylic acids is 1. The Morgan fingerprint density at radius 1 is 1.00 bits per heavy atom. The first-order chi connectivity index (χ1) is 12.6. The zero-order chi connectivity index (χ0) is 18.4. The monoisotopic (exact) mass is 351 g/mol. The van der Waals surface area contributed by atoms with E-state index in [0.29, 0.717) is 12.6 Å². The van der Waals surface area contributed by atoms with Gasteiger partial charge in [0.25, 0.3) is 0 Å². The third-order valence-electron chi connectivity index (χ3n) is 5.23. The summed E-state index contributed by atoms with van der Waals surface area (Å²) in [6.45, 7) is 8.87. The van der Waals surface area contributed by atoms with E-state index >= 15 is 0 Å². The summed E-state index contributed by atoms with van der Waals surface area (Å²) in [5.41, 5.74) is 3.95. The van der Waals surface area contributed by atoms with Crippen LogP contribution in [-0.4, -0.2) is 43.5 Å². The predicted molar refractivity (Wildman–Crippen MR) is 107 cm³/mol. The van der Waals surface area contributed by atoms with E-state index in [-0.39, 0.29) is 5.91 Å². The average molecular weight is 351 g/mol. The zero-order valence-corrected chi connectivity index (χ0v) is 15.8. The molecule has 1 atom stereocenters. The van der Waals surface area contributed by atoms with Gasteiger partial charge < -0.3 is 10.2 Å². The molecule has 2 aromatic carbocycles. The van der Waals surface area contributed by atoms with Gasteiger partial charge in [-0.1, -0.05) is 42.5 Å². The molecule has 1 N–H and O–H groups in total. The van der Waals surface area contributed by atoms with E-state index < -0.39 is 0 Å². The first-order valence-corrected chi connectivity index (χ1v) is 9.51. The van der Waals surface area contributed by atoms with Crippen LogP contribution in [0.5, 0.6) is 0 Å². The van der Waals surface area contributed by atoms with Crippen molar-refractivity contribution in [2.45, 2.75) is 26.3 Å². The highest BCUT2D eigenvalue weighted by atomic mass is 16.1. The van der Waals surface area contributed by atoms with Gasteiger partial charge in [0.05, 0.1) is 0 Å². The Labute approximate surface area is 156 Å². The maximum atomic E-state index is 10.9. The molecule has 3 rings (SSSR count). The maximum Gasteiger partial charge on any atom is 0.216 e. The van der Waals surface area contributed by atoms with Gasteiger partial charge in [-0.2, -0.15) is 0 Å². The molecule has 138 valence electrons. The van der Waals surface area contributed by atoms with Crippen molar-refractivity contribution in [3.8, 4) is 0 Å². The lowest BCUT2D eigenvalue weighted by molar-refractivity contribution is -0.118. The number of nitrogens with zero attached hydrogens (tertiary/aromatic N) is 2. The highest BCUT2D eigenvalue weighted by molar-refractivity contribution is 5.72. The van der Waals surface area contributed by atoms with Crippen LogP contribution in [0.15, 0.2) is 54.6 Å². The Morgan fingerprint density at radius 2 is 1.65 bits per heavy atom. The molecular formula is C22H29N3O. The number of rotatable bonds is 6. The van der Waals surface area contributed by atoms with Gasteiger partial charge in [-0.3, -0.25) is 9.69 Å². The number of amides is 1. The Hall–Kier alpha value is -2.33. The number of hydrogen-bond acceptors (Lipinski definition) is 3. The van der Waals surface area contributed by atoms with Crippen molar-refractivity contribution in [3.05, 3.63) is 65.7 Å². The third kappa shape index (κ3) is 4.85. The lowest BCUT2D eigenvalue weighted by atomic mass is 10.0. The third-order valence-corrected chi connectivity index (χ3v) is 5.23. The van der Waals surface area contributed by atoms with Gasteiger partial charge in [-0.25, -0.2) is 0 Å². The minimum absolute atomic E-state index is 0.0323. The van der Waals surface area contributed by atoms with Crippen molar-refractivity contribution >= 4 is 11.6 Å². The summed E-state index contributed by atoms with van der Waals surface area (Å²) in [4.78, 5) is 16.0. The van der Waals surface area contributed by atoms with Gasteiger partial charge in [0, 0.05) is 51.4 Å². The van der Waals surface area contributed by atoms with E-state index in [9.17, 15) is 4.79 Å². The number of anilines is 1. The average Bonchev–Trinajstić information content (AvgIpc) is 2.68. The maximum absolute atomic E-state index is 10.9. The molecule has 1 amide bonds. The van der Waals surface area contributed by atoms with Crippen molar-refractivity contribution in [2.24, 2.45) is 0 Å². The lowest BCUT2D eigenvalue weighted by Gasteiger charge is -2.39. The van der Waals surface area contributed by atoms with Gasteiger partial charge in [0.1, 0.15) is 0 Å². The molecule has 1 unspecified atom stereocenters. The molecule has 1 saturated heterocycles. The quantitative estimate of drug-likeness (QED) is 0.868. The van der Waals surface area contributed by atoms with Crippen LogP contribution in [0.25, 0.3) is 0 Å². The summed E-state index contributed by atoms with van der Waals surface area (Å²) < 4.78 is 0. The summed E-state index contributed by atoms with van der Waals surface area (Å²) in [6.07, 6.45) is 0.879. The number of para-hydroxylation sites is 1. The minimum Gasteiger partial charge on any atom is -0.369 e. The normalized spacial score (nSPS) is 16.3. The summed E-state index contributed by atoms with van der Waals surface area (Å²) in [7, 11) is 0. The summed E-state index contributed by atoms with van der Waals surface area (Å²) in [5, 5.41) is 2.85. The molecular weight excluding hydrogens is 322 g/mol. The first kappa shape index (κ1) is 18.5. The Morgan fingerprint density at radius 3 is 2.27 bits per heavy atom. The van der Waals surface area contributed by atoms with Crippen LogP contribution in [0, 0.1) is 0 Å².